The van der Waals surface area contributed by atoms with Crippen molar-refractivity contribution >= 4 is 35.6 Å². The van der Waals surface area contributed by atoms with Crippen molar-refractivity contribution in [3.63, 3.8) is 0 Å². The molecule has 1 saturated carbocycles. The molecule has 0 radical (unpaired) electrons. The normalized spacial score (nSPS) is 13.9. The van der Waals surface area contributed by atoms with Gasteiger partial charge in [-0.25, -0.2) is 9.98 Å². The van der Waals surface area contributed by atoms with Gasteiger partial charge in [0, 0.05) is 37.8 Å². The molecule has 2 N–H and O–H groups in total. The number of hydrogen-bond donors (Lipinski definition) is 2. The molecule has 0 spiro atoms. The molecule has 1 aliphatic rings. The van der Waals surface area contributed by atoms with Crippen LogP contribution in [-0.2, 0) is 11.3 Å². The van der Waals surface area contributed by atoms with Crippen molar-refractivity contribution in [1.29, 1.82) is 0 Å². The molecule has 0 atom stereocenters. The third-order valence-electron chi connectivity index (χ3n) is 4.63. The van der Waals surface area contributed by atoms with Crippen molar-refractivity contribution in [2.75, 3.05) is 25.1 Å². The Balaban J connectivity index is 0.00000363. The van der Waals surface area contributed by atoms with E-state index in [1.165, 1.54) is 25.2 Å². The fraction of sp³-hybridized carbons (Fsp3) is 0.545. The van der Waals surface area contributed by atoms with Gasteiger partial charge in [0.05, 0.1) is 6.10 Å². The molecule has 7 nitrogen and oxygen atoms in total. The van der Waals surface area contributed by atoms with E-state index in [-0.39, 0.29) is 42.4 Å². The van der Waals surface area contributed by atoms with E-state index in [1.807, 2.05) is 38.1 Å². The maximum atomic E-state index is 13.1. The molecule has 0 unspecified atom stereocenters. The Bertz CT molecular complexity index is 826. The lowest BCUT2D eigenvalue weighted by Gasteiger charge is -2.14. The number of alkyl halides is 2. The quantitative estimate of drug-likeness (QED) is 0.164. The molecule has 0 bridgehead atoms. The highest BCUT2D eigenvalue weighted by molar-refractivity contribution is 14.0. The van der Waals surface area contributed by atoms with Gasteiger partial charge in [0.25, 0.3) is 0 Å². The molecular formula is C22H32F2IN5O2. The van der Waals surface area contributed by atoms with Crippen LogP contribution < -0.4 is 15.4 Å². The molecule has 2 aromatic rings. The van der Waals surface area contributed by atoms with Crippen LogP contribution in [0.3, 0.4) is 0 Å². The molecule has 32 heavy (non-hydrogen) atoms. The number of hydrogen-bond acceptors (Lipinski definition) is 4. The minimum Gasteiger partial charge on any atom is -0.491 e. The van der Waals surface area contributed by atoms with Crippen LogP contribution in [0.2, 0.25) is 0 Å². The molecule has 1 aromatic carbocycles. The molecule has 1 aliphatic carbocycles. The number of nitrogens with zero attached hydrogens (tertiary/aromatic N) is 3. The zero-order valence-corrected chi connectivity index (χ0v) is 20.8. The average molecular weight is 563 g/mol. The predicted octanol–water partition coefficient (Wildman–Crippen LogP) is 5.06. The zero-order valence-electron chi connectivity index (χ0n) is 18.5. The molecular weight excluding hydrogens is 531 g/mol. The summed E-state index contributed by atoms with van der Waals surface area (Å²) in [5.41, 5.74) is 0.810. The first-order valence-electron chi connectivity index (χ1n) is 10.7. The first-order valence-corrected chi connectivity index (χ1v) is 10.7. The molecule has 0 amide bonds. The second-order valence-corrected chi connectivity index (χ2v) is 7.81. The number of nitrogens with one attached hydrogen (secondary N) is 2. The van der Waals surface area contributed by atoms with E-state index in [2.05, 4.69) is 20.6 Å². The van der Waals surface area contributed by atoms with Gasteiger partial charge in [0.15, 0.2) is 5.96 Å². The smallest absolute Gasteiger partial charge is 0.319 e. The lowest BCUT2D eigenvalue weighted by atomic mass is 10.3. The molecule has 1 heterocycles. The lowest BCUT2D eigenvalue weighted by molar-refractivity contribution is 0.0671. The van der Waals surface area contributed by atoms with E-state index in [0.717, 1.165) is 34.9 Å². The van der Waals surface area contributed by atoms with Crippen LogP contribution in [0.1, 0.15) is 45.5 Å². The number of aliphatic imine (C=N–C) groups is 1. The average Bonchev–Trinajstić information content (AvgIpc) is 3.43. The minimum atomic E-state index is -2.64. The Hall–Kier alpha value is -1.95. The Morgan fingerprint density at radius 3 is 2.66 bits per heavy atom. The third-order valence-corrected chi connectivity index (χ3v) is 4.63. The summed E-state index contributed by atoms with van der Waals surface area (Å²) in [6.07, 6.45) is 6.06. The first kappa shape index (κ1) is 26.3. The van der Waals surface area contributed by atoms with Gasteiger partial charge in [-0.3, -0.25) is 4.57 Å². The number of aromatic nitrogens is 2. The van der Waals surface area contributed by atoms with E-state index in [4.69, 9.17) is 9.47 Å². The van der Waals surface area contributed by atoms with Gasteiger partial charge in [-0.2, -0.15) is 8.78 Å². The number of benzene rings is 1. The van der Waals surface area contributed by atoms with Crippen molar-refractivity contribution < 1.29 is 18.3 Å². The van der Waals surface area contributed by atoms with E-state index in [9.17, 15) is 8.78 Å². The van der Waals surface area contributed by atoms with Crippen LogP contribution in [0.5, 0.6) is 5.75 Å². The molecule has 10 heteroatoms. The van der Waals surface area contributed by atoms with Crippen LogP contribution >= 0.6 is 24.0 Å². The summed E-state index contributed by atoms with van der Waals surface area (Å²) in [4.78, 5) is 8.42. The summed E-state index contributed by atoms with van der Waals surface area (Å²) in [5.74, 6) is 2.21. The van der Waals surface area contributed by atoms with Gasteiger partial charge < -0.3 is 20.1 Å². The SMILES string of the molecule is CC(C)Oc1ccc(NC(=NCc2nccn2C(F)F)NCCCOCC2CC2)cc1.I. The fourth-order valence-corrected chi connectivity index (χ4v) is 2.87. The maximum absolute atomic E-state index is 13.1. The highest BCUT2D eigenvalue weighted by Gasteiger charge is 2.20. The largest absolute Gasteiger partial charge is 0.491 e. The van der Waals surface area contributed by atoms with Gasteiger partial charge in [-0.1, -0.05) is 0 Å². The Labute approximate surface area is 205 Å². The number of imidazole rings is 1. The second kappa shape index (κ2) is 13.6. The molecule has 1 aromatic heterocycles. The highest BCUT2D eigenvalue weighted by atomic mass is 127. The topological polar surface area (TPSA) is 72.7 Å². The van der Waals surface area contributed by atoms with Gasteiger partial charge in [-0.15, -0.1) is 24.0 Å². The highest BCUT2D eigenvalue weighted by Crippen LogP contribution is 2.28. The van der Waals surface area contributed by atoms with Crippen molar-refractivity contribution in [2.24, 2.45) is 10.9 Å². The lowest BCUT2D eigenvalue weighted by Crippen LogP contribution is -2.32. The van der Waals surface area contributed by atoms with Gasteiger partial charge in [-0.05, 0) is 63.3 Å². The van der Waals surface area contributed by atoms with Crippen molar-refractivity contribution in [3.8, 4) is 5.75 Å². The van der Waals surface area contributed by atoms with E-state index in [0.29, 0.717) is 19.1 Å². The summed E-state index contributed by atoms with van der Waals surface area (Å²) >= 11 is 0. The van der Waals surface area contributed by atoms with Crippen molar-refractivity contribution in [3.05, 3.63) is 42.5 Å². The second-order valence-electron chi connectivity index (χ2n) is 7.81. The van der Waals surface area contributed by atoms with Gasteiger partial charge in [0.1, 0.15) is 18.1 Å². The standard InChI is InChI=1S/C22H31F2N5O2.HI/c1-16(2)31-19-8-6-18(7-9-19)28-22(26-10-3-13-30-15-17-4-5-17)27-14-20-25-11-12-29(20)21(23)24;/h6-9,11-12,16-17,21H,3-5,10,13-15H2,1-2H3,(H2,26,27,28);1H. The summed E-state index contributed by atoms with van der Waals surface area (Å²) < 4.78 is 38.2. The predicted molar refractivity (Wildman–Crippen MR) is 132 cm³/mol. The summed E-state index contributed by atoms with van der Waals surface area (Å²) in [7, 11) is 0. The number of halogens is 3. The summed E-state index contributed by atoms with van der Waals surface area (Å²) in [6.45, 7) is 3.48. The molecule has 0 aliphatic heterocycles. The van der Waals surface area contributed by atoms with Crippen LogP contribution in [0, 0.1) is 5.92 Å². The Morgan fingerprint density at radius 1 is 1.25 bits per heavy atom. The van der Waals surface area contributed by atoms with E-state index < -0.39 is 6.55 Å². The zero-order chi connectivity index (χ0) is 22.1. The van der Waals surface area contributed by atoms with Gasteiger partial charge in [0.2, 0.25) is 0 Å². The monoisotopic (exact) mass is 563 g/mol. The van der Waals surface area contributed by atoms with E-state index >= 15 is 0 Å². The number of guanidine groups is 1. The summed E-state index contributed by atoms with van der Waals surface area (Å²) in [6, 6.07) is 7.51. The van der Waals surface area contributed by atoms with Gasteiger partial charge >= 0.3 is 6.55 Å². The van der Waals surface area contributed by atoms with Crippen molar-refractivity contribution in [2.45, 2.75) is 52.3 Å². The molecule has 3 rings (SSSR count). The molecule has 1 fully saturated rings. The molecule has 178 valence electrons. The van der Waals surface area contributed by atoms with Crippen molar-refractivity contribution in [1.82, 2.24) is 14.9 Å². The minimum absolute atomic E-state index is 0. The Morgan fingerprint density at radius 2 is 2.00 bits per heavy atom. The maximum Gasteiger partial charge on any atom is 0.319 e. The van der Waals surface area contributed by atoms with E-state index in [1.54, 1.807) is 0 Å². The number of ether oxygens (including phenoxy) is 2. The first-order chi connectivity index (χ1) is 15.0. The van der Waals surface area contributed by atoms with Crippen LogP contribution in [-0.4, -0.2) is 41.4 Å². The van der Waals surface area contributed by atoms with Crippen LogP contribution in [0.15, 0.2) is 41.7 Å². The fourth-order valence-electron chi connectivity index (χ4n) is 2.87. The Kier molecular flexibility index (Phi) is 11.1. The molecule has 0 saturated heterocycles. The number of anilines is 1. The number of rotatable bonds is 12. The summed E-state index contributed by atoms with van der Waals surface area (Å²) in [5, 5.41) is 6.44. The van der Waals surface area contributed by atoms with Crippen LogP contribution in [0.25, 0.3) is 0 Å². The van der Waals surface area contributed by atoms with Crippen LogP contribution in [0.4, 0.5) is 14.5 Å². The third kappa shape index (κ3) is 9.27.